The number of aliphatic carboxylic acids is 1. The molecular weight excluding hydrogens is 490 g/mol. The van der Waals surface area contributed by atoms with Crippen molar-refractivity contribution in [3.63, 3.8) is 0 Å². The molecule has 8 heteroatoms. The largest absolute Gasteiger partial charge is 0.481 e. The smallest absolute Gasteiger partial charge is 0.413 e. The number of hydrogen-bond donors (Lipinski definition) is 2. The number of halogens is 1. The van der Waals surface area contributed by atoms with E-state index in [0.717, 1.165) is 33.4 Å². The van der Waals surface area contributed by atoms with Gasteiger partial charge in [-0.25, -0.2) is 4.79 Å². The number of carboxylic acid groups (broad SMARTS) is 1. The van der Waals surface area contributed by atoms with Gasteiger partial charge in [0, 0.05) is 23.2 Å². The summed E-state index contributed by atoms with van der Waals surface area (Å²) in [5.41, 5.74) is 4.50. The quantitative estimate of drug-likeness (QED) is 0.281. The molecule has 37 heavy (non-hydrogen) atoms. The molecule has 1 aliphatic carbocycles. The summed E-state index contributed by atoms with van der Waals surface area (Å²) >= 11 is 6.23. The zero-order valence-electron chi connectivity index (χ0n) is 20.4. The summed E-state index contributed by atoms with van der Waals surface area (Å²) in [4.78, 5) is 24.3. The summed E-state index contributed by atoms with van der Waals surface area (Å²) in [7, 11) is 1.75. The van der Waals surface area contributed by atoms with Crippen LogP contribution in [0.2, 0.25) is 5.02 Å². The van der Waals surface area contributed by atoms with E-state index in [-0.39, 0.29) is 0 Å². The van der Waals surface area contributed by atoms with Crippen LogP contribution in [-0.4, -0.2) is 26.9 Å². The first-order chi connectivity index (χ1) is 17.8. The molecule has 0 saturated heterocycles. The van der Waals surface area contributed by atoms with Crippen molar-refractivity contribution in [3.8, 4) is 22.3 Å². The average Bonchev–Trinajstić information content (AvgIpc) is 3.64. The Balaban J connectivity index is 1.30. The van der Waals surface area contributed by atoms with E-state index in [1.54, 1.807) is 30.9 Å². The minimum atomic E-state index is -0.757. The molecule has 1 fully saturated rings. The van der Waals surface area contributed by atoms with Crippen molar-refractivity contribution in [1.82, 2.24) is 9.78 Å². The van der Waals surface area contributed by atoms with Crippen LogP contribution in [0.25, 0.3) is 22.3 Å². The maximum absolute atomic E-state index is 12.7. The molecule has 1 saturated carbocycles. The summed E-state index contributed by atoms with van der Waals surface area (Å²) in [5.74, 6) is -0.246. The van der Waals surface area contributed by atoms with E-state index in [1.807, 2.05) is 66.7 Å². The average molecular weight is 516 g/mol. The number of aryl methyl sites for hydroxylation is 1. The van der Waals surface area contributed by atoms with Gasteiger partial charge in [-0.2, -0.15) is 5.10 Å². The van der Waals surface area contributed by atoms with Gasteiger partial charge >= 0.3 is 12.1 Å². The fourth-order valence-electron chi connectivity index (χ4n) is 4.53. The molecular formula is C29H26ClN3O4. The topological polar surface area (TPSA) is 93.4 Å². The molecule has 5 rings (SSSR count). The molecule has 1 amide bonds. The monoisotopic (exact) mass is 515 g/mol. The lowest BCUT2D eigenvalue weighted by atomic mass is 9.93. The van der Waals surface area contributed by atoms with Crippen molar-refractivity contribution in [2.75, 3.05) is 5.32 Å². The van der Waals surface area contributed by atoms with Gasteiger partial charge in [0.1, 0.15) is 11.9 Å². The maximum atomic E-state index is 12.7. The lowest BCUT2D eigenvalue weighted by molar-refractivity contribution is -0.140. The highest BCUT2D eigenvalue weighted by atomic mass is 35.5. The number of carbonyl (C=O) groups excluding carboxylic acids is 1. The minimum absolute atomic E-state index is 0.511. The van der Waals surface area contributed by atoms with Crippen LogP contribution >= 0.6 is 11.6 Å². The number of hydrogen-bond acceptors (Lipinski definition) is 4. The Labute approximate surface area is 219 Å². The van der Waals surface area contributed by atoms with Crippen molar-refractivity contribution in [3.05, 3.63) is 95.1 Å². The van der Waals surface area contributed by atoms with E-state index in [0.29, 0.717) is 23.7 Å². The number of ether oxygens (including phenoxy) is 1. The van der Waals surface area contributed by atoms with E-state index in [9.17, 15) is 14.7 Å². The molecule has 2 N–H and O–H groups in total. The van der Waals surface area contributed by atoms with Crippen LogP contribution in [0.5, 0.6) is 0 Å². The molecule has 1 aliphatic rings. The molecule has 1 aromatic heterocycles. The highest BCUT2D eigenvalue weighted by Crippen LogP contribution is 2.48. The summed E-state index contributed by atoms with van der Waals surface area (Å²) in [6.07, 6.45) is 1.93. The van der Waals surface area contributed by atoms with E-state index < -0.39 is 23.6 Å². The lowest BCUT2D eigenvalue weighted by Gasteiger charge is -2.16. The second-order valence-corrected chi connectivity index (χ2v) is 9.67. The Hall–Kier alpha value is -4.10. The van der Waals surface area contributed by atoms with Crippen molar-refractivity contribution in [1.29, 1.82) is 0 Å². The Morgan fingerprint density at radius 3 is 2.19 bits per heavy atom. The number of rotatable bonds is 7. The van der Waals surface area contributed by atoms with Crippen molar-refractivity contribution >= 4 is 29.5 Å². The van der Waals surface area contributed by atoms with Gasteiger partial charge in [-0.3, -0.25) is 14.8 Å². The summed E-state index contributed by atoms with van der Waals surface area (Å²) in [6.45, 7) is 1.77. The molecule has 1 atom stereocenters. The summed E-state index contributed by atoms with van der Waals surface area (Å²) in [6, 6.07) is 22.9. The summed E-state index contributed by atoms with van der Waals surface area (Å²) < 4.78 is 7.14. The molecule has 7 nitrogen and oxygen atoms in total. The van der Waals surface area contributed by atoms with Crippen LogP contribution in [0.4, 0.5) is 10.6 Å². The molecule has 1 heterocycles. The highest BCUT2D eigenvalue weighted by Gasteiger charge is 2.51. The second-order valence-electron chi connectivity index (χ2n) is 9.27. The first-order valence-corrected chi connectivity index (χ1v) is 12.3. The standard InChI is InChI=1S/C29H26ClN3O4/c1-18(23-5-3-4-6-25(23)30)37-28(36)32-26-24(17-31-33(26)2)21-9-7-19(8-10-21)20-11-13-22(14-12-20)29(15-16-29)27(34)35/h3-14,17-18H,15-16H2,1-2H3,(H,32,36)(H,34,35)/t18-/m1/s1. The van der Waals surface area contributed by atoms with Gasteiger partial charge in [-0.05, 0) is 48.1 Å². The molecule has 188 valence electrons. The van der Waals surface area contributed by atoms with Gasteiger partial charge < -0.3 is 9.84 Å². The molecule has 0 radical (unpaired) electrons. The van der Waals surface area contributed by atoms with E-state index in [4.69, 9.17) is 16.3 Å². The Morgan fingerprint density at radius 2 is 1.59 bits per heavy atom. The van der Waals surface area contributed by atoms with Crippen LogP contribution in [0, 0.1) is 0 Å². The Bertz CT molecular complexity index is 1460. The van der Waals surface area contributed by atoms with Crippen LogP contribution in [-0.2, 0) is 22.0 Å². The SMILES string of the molecule is C[C@@H](OC(=O)Nc1c(-c2ccc(-c3ccc(C4(C(=O)O)CC4)cc3)cc2)cnn1C)c1ccccc1Cl. The van der Waals surface area contributed by atoms with Gasteiger partial charge in [-0.1, -0.05) is 78.3 Å². The number of carbonyl (C=O) groups is 2. The second kappa shape index (κ2) is 9.75. The van der Waals surface area contributed by atoms with Gasteiger partial charge in [-0.15, -0.1) is 0 Å². The molecule has 0 bridgehead atoms. The normalized spacial score (nSPS) is 14.6. The first kappa shape index (κ1) is 24.6. The fraction of sp³-hybridized carbons (Fsp3) is 0.207. The van der Waals surface area contributed by atoms with Crippen LogP contribution in [0.3, 0.4) is 0 Å². The van der Waals surface area contributed by atoms with Gasteiger partial charge in [0.25, 0.3) is 0 Å². The number of nitrogens with zero attached hydrogens (tertiary/aromatic N) is 2. The molecule has 3 aromatic carbocycles. The highest BCUT2D eigenvalue weighted by molar-refractivity contribution is 6.31. The van der Waals surface area contributed by atoms with Gasteiger partial charge in [0.2, 0.25) is 0 Å². The Kier molecular flexibility index (Phi) is 6.48. The number of carboxylic acids is 1. The molecule has 0 spiro atoms. The van der Waals surface area contributed by atoms with Gasteiger partial charge in [0.05, 0.1) is 11.6 Å². The maximum Gasteiger partial charge on any atom is 0.413 e. The predicted octanol–water partition coefficient (Wildman–Crippen LogP) is 6.83. The third kappa shape index (κ3) is 4.82. The fourth-order valence-corrected chi connectivity index (χ4v) is 4.82. The third-order valence-corrected chi connectivity index (χ3v) is 7.26. The van der Waals surface area contributed by atoms with Crippen molar-refractivity contribution in [2.45, 2.75) is 31.3 Å². The lowest BCUT2D eigenvalue weighted by Crippen LogP contribution is -2.19. The molecule has 0 unspecified atom stereocenters. The minimum Gasteiger partial charge on any atom is -0.481 e. The van der Waals surface area contributed by atoms with E-state index >= 15 is 0 Å². The number of amides is 1. The summed E-state index contributed by atoms with van der Waals surface area (Å²) in [5, 5.41) is 17.2. The number of benzene rings is 3. The van der Waals surface area contributed by atoms with Gasteiger partial charge in [0.15, 0.2) is 0 Å². The van der Waals surface area contributed by atoms with E-state index in [1.165, 1.54) is 0 Å². The zero-order chi connectivity index (χ0) is 26.2. The zero-order valence-corrected chi connectivity index (χ0v) is 21.2. The van der Waals surface area contributed by atoms with Crippen LogP contribution < -0.4 is 5.32 Å². The van der Waals surface area contributed by atoms with Crippen molar-refractivity contribution in [2.24, 2.45) is 7.05 Å². The third-order valence-electron chi connectivity index (χ3n) is 6.91. The number of aromatic nitrogens is 2. The van der Waals surface area contributed by atoms with Crippen molar-refractivity contribution < 1.29 is 19.4 Å². The van der Waals surface area contributed by atoms with E-state index in [2.05, 4.69) is 10.4 Å². The Morgan fingerprint density at radius 1 is 1.00 bits per heavy atom. The van der Waals surface area contributed by atoms with Crippen LogP contribution in [0.1, 0.15) is 37.0 Å². The number of nitrogens with one attached hydrogen (secondary N) is 1. The number of anilines is 1. The molecule has 4 aromatic rings. The molecule has 0 aliphatic heterocycles. The van der Waals surface area contributed by atoms with Crippen LogP contribution in [0.15, 0.2) is 79.0 Å². The first-order valence-electron chi connectivity index (χ1n) is 12.0. The predicted molar refractivity (Wildman–Crippen MR) is 143 cm³/mol.